The molecule has 0 aliphatic heterocycles. The van der Waals surface area contributed by atoms with Crippen LogP contribution in [0.15, 0.2) is 52.3 Å². The van der Waals surface area contributed by atoms with Crippen molar-refractivity contribution in [2.45, 2.75) is 9.79 Å². The second-order valence-electron chi connectivity index (χ2n) is 3.76. The topological polar surface area (TPSA) is 78.4 Å². The first-order chi connectivity index (χ1) is 9.10. The molecule has 2 rings (SSSR count). The van der Waals surface area contributed by atoms with Crippen LogP contribution in [0.3, 0.4) is 0 Å². The zero-order valence-corrected chi connectivity index (χ0v) is 11.0. The minimum absolute atomic E-state index is 0.0703. The number of nitro groups is 1. The van der Waals surface area contributed by atoms with Gasteiger partial charge in [-0.3, -0.25) is 10.1 Å². The third-order valence-corrected chi connectivity index (χ3v) is 3.49. The van der Waals surface area contributed by atoms with Crippen molar-refractivity contribution in [2.75, 3.05) is 12.8 Å². The van der Waals surface area contributed by atoms with Gasteiger partial charge in [-0.15, -0.1) is 0 Å². The lowest BCUT2D eigenvalue weighted by atomic mass is 10.3. The second-order valence-corrected chi connectivity index (χ2v) is 4.90. The Balaban J connectivity index is 2.18. The average molecular weight is 276 g/mol. The summed E-state index contributed by atoms with van der Waals surface area (Å²) in [6, 6.07) is 12.3. The predicted molar refractivity (Wildman–Crippen MR) is 74.6 cm³/mol. The standard InChI is InChI=1S/C13H12N2O3S/c1-18-9-2-4-10(5-3-9)19-11-6-7-13(15(16)17)12(14)8-11/h2-8H,14H2,1H3. The molecule has 0 aromatic heterocycles. The summed E-state index contributed by atoms with van der Waals surface area (Å²) in [5.41, 5.74) is 5.75. The summed E-state index contributed by atoms with van der Waals surface area (Å²) in [5, 5.41) is 10.7. The minimum atomic E-state index is -0.489. The van der Waals surface area contributed by atoms with Gasteiger partial charge < -0.3 is 10.5 Å². The van der Waals surface area contributed by atoms with Crippen molar-refractivity contribution in [1.29, 1.82) is 0 Å². The van der Waals surface area contributed by atoms with E-state index in [2.05, 4.69) is 0 Å². The Morgan fingerprint density at radius 1 is 1.16 bits per heavy atom. The molecule has 0 bridgehead atoms. The van der Waals surface area contributed by atoms with Crippen molar-refractivity contribution in [3.8, 4) is 5.75 Å². The minimum Gasteiger partial charge on any atom is -0.497 e. The molecule has 0 fully saturated rings. The first kappa shape index (κ1) is 13.2. The van der Waals surface area contributed by atoms with Gasteiger partial charge in [0.2, 0.25) is 0 Å². The van der Waals surface area contributed by atoms with Crippen molar-refractivity contribution in [1.82, 2.24) is 0 Å². The second kappa shape index (κ2) is 5.62. The predicted octanol–water partition coefficient (Wildman–Crippen LogP) is 3.34. The molecule has 19 heavy (non-hydrogen) atoms. The van der Waals surface area contributed by atoms with E-state index in [1.165, 1.54) is 17.8 Å². The van der Waals surface area contributed by atoms with Crippen LogP contribution in [0.1, 0.15) is 0 Å². The highest BCUT2D eigenvalue weighted by atomic mass is 32.2. The van der Waals surface area contributed by atoms with Crippen molar-refractivity contribution in [2.24, 2.45) is 0 Å². The van der Waals surface area contributed by atoms with Crippen molar-refractivity contribution in [3.05, 3.63) is 52.6 Å². The lowest BCUT2D eigenvalue weighted by Gasteiger charge is -2.04. The van der Waals surface area contributed by atoms with E-state index in [1.807, 2.05) is 24.3 Å². The molecule has 0 heterocycles. The van der Waals surface area contributed by atoms with Crippen LogP contribution in [-0.2, 0) is 0 Å². The van der Waals surface area contributed by atoms with E-state index in [-0.39, 0.29) is 11.4 Å². The fraction of sp³-hybridized carbons (Fsp3) is 0.0769. The number of nitrogen functional groups attached to an aromatic ring is 1. The number of benzene rings is 2. The molecule has 2 aromatic rings. The van der Waals surface area contributed by atoms with E-state index in [0.717, 1.165) is 15.5 Å². The smallest absolute Gasteiger partial charge is 0.292 e. The first-order valence-electron chi connectivity index (χ1n) is 5.46. The Morgan fingerprint density at radius 2 is 1.79 bits per heavy atom. The van der Waals surface area contributed by atoms with Gasteiger partial charge in [0.25, 0.3) is 5.69 Å². The van der Waals surface area contributed by atoms with Crippen LogP contribution in [0.5, 0.6) is 5.75 Å². The molecular formula is C13H12N2O3S. The highest BCUT2D eigenvalue weighted by molar-refractivity contribution is 7.99. The lowest BCUT2D eigenvalue weighted by molar-refractivity contribution is -0.383. The average Bonchev–Trinajstić information content (AvgIpc) is 2.39. The molecule has 2 aromatic carbocycles. The van der Waals surface area contributed by atoms with E-state index in [9.17, 15) is 10.1 Å². The van der Waals surface area contributed by atoms with Crippen molar-refractivity contribution < 1.29 is 9.66 Å². The quantitative estimate of drug-likeness (QED) is 0.526. The lowest BCUT2D eigenvalue weighted by Crippen LogP contribution is -1.95. The molecule has 6 heteroatoms. The highest BCUT2D eigenvalue weighted by Crippen LogP contribution is 2.33. The maximum atomic E-state index is 10.7. The van der Waals surface area contributed by atoms with Gasteiger partial charge in [0, 0.05) is 15.9 Å². The van der Waals surface area contributed by atoms with Gasteiger partial charge >= 0.3 is 0 Å². The fourth-order valence-electron chi connectivity index (χ4n) is 1.54. The normalized spacial score (nSPS) is 10.2. The molecule has 0 atom stereocenters. The highest BCUT2D eigenvalue weighted by Gasteiger charge is 2.11. The van der Waals surface area contributed by atoms with Crippen molar-refractivity contribution in [3.63, 3.8) is 0 Å². The van der Waals surface area contributed by atoms with E-state index >= 15 is 0 Å². The first-order valence-corrected chi connectivity index (χ1v) is 6.27. The van der Waals surface area contributed by atoms with Gasteiger partial charge in [-0.05, 0) is 36.4 Å². The molecule has 0 saturated carbocycles. The number of anilines is 1. The van der Waals surface area contributed by atoms with E-state index in [1.54, 1.807) is 19.2 Å². The van der Waals surface area contributed by atoms with Crippen LogP contribution >= 0.6 is 11.8 Å². The van der Waals surface area contributed by atoms with Crippen LogP contribution in [0.25, 0.3) is 0 Å². The number of nitro benzene ring substituents is 1. The molecule has 0 spiro atoms. The number of hydrogen-bond acceptors (Lipinski definition) is 5. The largest absolute Gasteiger partial charge is 0.497 e. The SMILES string of the molecule is COc1ccc(Sc2ccc([N+](=O)[O-])c(N)c2)cc1. The summed E-state index contributed by atoms with van der Waals surface area (Å²) in [7, 11) is 1.61. The monoisotopic (exact) mass is 276 g/mol. The van der Waals surface area contributed by atoms with Gasteiger partial charge in [-0.1, -0.05) is 11.8 Å². The Morgan fingerprint density at radius 3 is 2.32 bits per heavy atom. The molecule has 0 aliphatic rings. The molecule has 0 saturated heterocycles. The molecular weight excluding hydrogens is 264 g/mol. The third kappa shape index (κ3) is 3.17. The van der Waals surface area contributed by atoms with Gasteiger partial charge in [0.1, 0.15) is 11.4 Å². The number of rotatable bonds is 4. The maximum Gasteiger partial charge on any atom is 0.292 e. The van der Waals surface area contributed by atoms with Gasteiger partial charge in [0.15, 0.2) is 0 Å². The van der Waals surface area contributed by atoms with Crippen LogP contribution in [0, 0.1) is 10.1 Å². The Hall–Kier alpha value is -2.21. The molecule has 0 amide bonds. The van der Waals surface area contributed by atoms with Gasteiger partial charge in [-0.25, -0.2) is 0 Å². The fourth-order valence-corrected chi connectivity index (χ4v) is 2.41. The summed E-state index contributed by atoms with van der Waals surface area (Å²) in [6.07, 6.45) is 0. The van der Waals surface area contributed by atoms with E-state index in [0.29, 0.717) is 0 Å². The number of methoxy groups -OCH3 is 1. The Labute approximate surface area is 114 Å². The van der Waals surface area contributed by atoms with Gasteiger partial charge in [-0.2, -0.15) is 0 Å². The number of ether oxygens (including phenoxy) is 1. The number of nitrogens with zero attached hydrogens (tertiary/aromatic N) is 1. The molecule has 98 valence electrons. The summed E-state index contributed by atoms with van der Waals surface area (Å²) in [4.78, 5) is 12.0. The molecule has 0 unspecified atom stereocenters. The van der Waals surface area contributed by atoms with Crippen molar-refractivity contribution >= 4 is 23.1 Å². The van der Waals surface area contributed by atoms with Crippen LogP contribution in [0.4, 0.5) is 11.4 Å². The van der Waals surface area contributed by atoms with Gasteiger partial charge in [0.05, 0.1) is 12.0 Å². The number of nitrogens with two attached hydrogens (primary N) is 1. The van der Waals surface area contributed by atoms with Crippen LogP contribution < -0.4 is 10.5 Å². The Bertz CT molecular complexity index is 599. The summed E-state index contributed by atoms with van der Waals surface area (Å²) in [6.45, 7) is 0. The summed E-state index contributed by atoms with van der Waals surface area (Å²) in [5.74, 6) is 0.785. The van der Waals surface area contributed by atoms with E-state index < -0.39 is 4.92 Å². The van der Waals surface area contributed by atoms with E-state index in [4.69, 9.17) is 10.5 Å². The third-order valence-electron chi connectivity index (χ3n) is 2.49. The Kier molecular flexibility index (Phi) is 3.91. The molecule has 5 nitrogen and oxygen atoms in total. The number of hydrogen-bond donors (Lipinski definition) is 1. The van der Waals surface area contributed by atoms with Crippen LogP contribution in [0.2, 0.25) is 0 Å². The zero-order valence-electron chi connectivity index (χ0n) is 10.2. The molecule has 0 aliphatic carbocycles. The summed E-state index contributed by atoms with van der Waals surface area (Å²) < 4.78 is 5.08. The zero-order chi connectivity index (χ0) is 13.8. The summed E-state index contributed by atoms with van der Waals surface area (Å²) >= 11 is 1.48. The van der Waals surface area contributed by atoms with Crippen LogP contribution in [-0.4, -0.2) is 12.0 Å². The molecule has 2 N–H and O–H groups in total. The molecule has 0 radical (unpaired) electrons. The maximum absolute atomic E-state index is 10.7.